The normalized spacial score (nSPS) is 13.4. The minimum Gasteiger partial charge on any atom is -0.496 e. The molecule has 8 heteroatoms. The first kappa shape index (κ1) is 23.0. The number of nitrogens with one attached hydrogen (secondary N) is 2. The monoisotopic (exact) mass is 460 g/mol. The Kier molecular flexibility index (Phi) is 8.26. The van der Waals surface area contributed by atoms with E-state index in [0.29, 0.717) is 48.1 Å². The van der Waals surface area contributed by atoms with Gasteiger partial charge in [-0.1, -0.05) is 23.7 Å². The van der Waals surface area contributed by atoms with E-state index < -0.39 is 0 Å². The molecular formula is C23H25ClN2O4S. The molecule has 0 fully saturated rings. The van der Waals surface area contributed by atoms with Crippen LogP contribution in [0.15, 0.2) is 53.1 Å². The molecule has 0 radical (unpaired) electrons. The van der Waals surface area contributed by atoms with E-state index in [1.165, 1.54) is 11.8 Å². The second-order valence-corrected chi connectivity index (χ2v) is 8.33. The molecule has 2 amide bonds. The Labute approximate surface area is 191 Å². The smallest absolute Gasteiger partial charge is 0.265 e. The van der Waals surface area contributed by atoms with Gasteiger partial charge in [0.2, 0.25) is 0 Å². The molecule has 0 aromatic heterocycles. The number of hydrogen-bond donors (Lipinski definition) is 2. The number of ether oxygens (including phenoxy) is 2. The minimum atomic E-state index is -0.261. The molecular weight excluding hydrogens is 436 g/mol. The summed E-state index contributed by atoms with van der Waals surface area (Å²) in [5.74, 6) is 1.67. The van der Waals surface area contributed by atoms with Crippen LogP contribution >= 0.6 is 23.4 Å². The van der Waals surface area contributed by atoms with E-state index in [2.05, 4.69) is 10.6 Å². The molecule has 164 valence electrons. The van der Waals surface area contributed by atoms with Crippen molar-refractivity contribution >= 4 is 40.9 Å². The van der Waals surface area contributed by atoms with Crippen LogP contribution in [0.5, 0.6) is 5.75 Å². The summed E-state index contributed by atoms with van der Waals surface area (Å²) in [4.78, 5) is 25.5. The summed E-state index contributed by atoms with van der Waals surface area (Å²) in [6.07, 6.45) is 0.693. The van der Waals surface area contributed by atoms with E-state index in [9.17, 15) is 9.59 Å². The number of benzene rings is 2. The van der Waals surface area contributed by atoms with Crippen LogP contribution in [0.1, 0.15) is 29.8 Å². The van der Waals surface area contributed by atoms with Crippen molar-refractivity contribution in [2.24, 2.45) is 0 Å². The maximum Gasteiger partial charge on any atom is 0.265 e. The van der Waals surface area contributed by atoms with E-state index in [4.69, 9.17) is 21.1 Å². The van der Waals surface area contributed by atoms with Gasteiger partial charge < -0.3 is 20.1 Å². The lowest BCUT2D eigenvalue weighted by Gasteiger charge is -2.18. The van der Waals surface area contributed by atoms with Gasteiger partial charge in [0.1, 0.15) is 16.4 Å². The largest absolute Gasteiger partial charge is 0.496 e. The van der Waals surface area contributed by atoms with E-state index in [1.54, 1.807) is 25.1 Å². The summed E-state index contributed by atoms with van der Waals surface area (Å²) in [6.45, 7) is 5.42. The SMILES string of the molecule is CCOc1ccc(CCNC(=O)c2ccc(NC(=O)C3=C(C)OCCS3)cc2Cl)cc1. The highest BCUT2D eigenvalue weighted by atomic mass is 35.5. The number of anilines is 1. The lowest BCUT2D eigenvalue weighted by Crippen LogP contribution is -2.26. The van der Waals surface area contributed by atoms with Gasteiger partial charge in [-0.2, -0.15) is 0 Å². The Balaban J connectivity index is 1.54. The van der Waals surface area contributed by atoms with Crippen molar-refractivity contribution in [1.29, 1.82) is 0 Å². The zero-order chi connectivity index (χ0) is 22.2. The summed E-state index contributed by atoms with van der Waals surface area (Å²) in [7, 11) is 0. The summed E-state index contributed by atoms with van der Waals surface area (Å²) in [5.41, 5.74) is 1.98. The Morgan fingerprint density at radius 3 is 2.61 bits per heavy atom. The standard InChI is InChI=1S/C23H25ClN2O4S/c1-3-29-18-7-4-16(5-8-18)10-11-25-22(27)19-9-6-17(14-20(19)24)26-23(28)21-15(2)30-12-13-31-21/h4-9,14H,3,10-13H2,1-2H3,(H,25,27)(H,26,28). The summed E-state index contributed by atoms with van der Waals surface area (Å²) in [5, 5.41) is 5.95. The second kappa shape index (κ2) is 11.1. The van der Waals surface area contributed by atoms with Gasteiger partial charge in [-0.15, -0.1) is 11.8 Å². The first-order valence-electron chi connectivity index (χ1n) is 10.0. The fourth-order valence-corrected chi connectivity index (χ4v) is 4.11. The van der Waals surface area contributed by atoms with Gasteiger partial charge in [-0.05, 0) is 56.2 Å². The molecule has 0 saturated heterocycles. The third-order valence-electron chi connectivity index (χ3n) is 4.58. The van der Waals surface area contributed by atoms with Crippen LogP contribution in [0.25, 0.3) is 0 Å². The fraction of sp³-hybridized carbons (Fsp3) is 0.304. The predicted octanol–water partition coefficient (Wildman–Crippen LogP) is 4.64. The number of carbonyl (C=O) groups excluding carboxylic acids is 2. The number of carbonyl (C=O) groups is 2. The van der Waals surface area contributed by atoms with Gasteiger partial charge in [0, 0.05) is 18.0 Å². The van der Waals surface area contributed by atoms with Crippen LogP contribution in [-0.4, -0.2) is 37.3 Å². The second-order valence-electron chi connectivity index (χ2n) is 6.81. The van der Waals surface area contributed by atoms with Crippen LogP contribution in [-0.2, 0) is 16.0 Å². The van der Waals surface area contributed by atoms with E-state index in [1.807, 2.05) is 31.2 Å². The maximum absolute atomic E-state index is 12.5. The molecule has 0 spiro atoms. The fourth-order valence-electron chi connectivity index (χ4n) is 3.03. The highest BCUT2D eigenvalue weighted by molar-refractivity contribution is 8.04. The Bertz CT molecular complexity index is 976. The van der Waals surface area contributed by atoms with Crippen molar-refractivity contribution in [3.8, 4) is 5.75 Å². The summed E-state index contributed by atoms with van der Waals surface area (Å²) < 4.78 is 10.8. The minimum absolute atomic E-state index is 0.245. The molecule has 0 aliphatic carbocycles. The molecule has 31 heavy (non-hydrogen) atoms. The molecule has 1 aliphatic heterocycles. The van der Waals surface area contributed by atoms with Gasteiger partial charge in [-0.3, -0.25) is 9.59 Å². The van der Waals surface area contributed by atoms with Gasteiger partial charge in [0.05, 0.1) is 23.8 Å². The number of halogens is 1. The Hall–Kier alpha value is -2.64. The average Bonchev–Trinajstić information content (AvgIpc) is 2.75. The van der Waals surface area contributed by atoms with Crippen molar-refractivity contribution in [1.82, 2.24) is 5.32 Å². The summed E-state index contributed by atoms with van der Waals surface area (Å²) >= 11 is 7.76. The van der Waals surface area contributed by atoms with Gasteiger partial charge >= 0.3 is 0 Å². The van der Waals surface area contributed by atoms with Crippen LogP contribution < -0.4 is 15.4 Å². The van der Waals surface area contributed by atoms with Gasteiger partial charge in [-0.25, -0.2) is 0 Å². The van der Waals surface area contributed by atoms with Gasteiger partial charge in [0.25, 0.3) is 11.8 Å². The van der Waals surface area contributed by atoms with E-state index in [-0.39, 0.29) is 16.8 Å². The zero-order valence-corrected chi connectivity index (χ0v) is 19.1. The van der Waals surface area contributed by atoms with E-state index in [0.717, 1.165) is 17.1 Å². The Morgan fingerprint density at radius 2 is 1.94 bits per heavy atom. The van der Waals surface area contributed by atoms with Crippen LogP contribution in [0.2, 0.25) is 5.02 Å². The first-order chi connectivity index (χ1) is 15.0. The first-order valence-corrected chi connectivity index (χ1v) is 11.4. The number of rotatable bonds is 8. The number of hydrogen-bond acceptors (Lipinski definition) is 5. The molecule has 0 atom stereocenters. The molecule has 0 saturated carbocycles. The summed E-state index contributed by atoms with van der Waals surface area (Å²) in [6, 6.07) is 12.6. The predicted molar refractivity (Wildman–Crippen MR) is 125 cm³/mol. The highest BCUT2D eigenvalue weighted by Crippen LogP contribution is 2.28. The van der Waals surface area contributed by atoms with Gasteiger partial charge in [0.15, 0.2) is 0 Å². The highest BCUT2D eigenvalue weighted by Gasteiger charge is 2.19. The van der Waals surface area contributed by atoms with Crippen molar-refractivity contribution < 1.29 is 19.1 Å². The molecule has 1 heterocycles. The molecule has 6 nitrogen and oxygen atoms in total. The molecule has 1 aliphatic rings. The lowest BCUT2D eigenvalue weighted by atomic mass is 10.1. The average molecular weight is 461 g/mol. The molecule has 3 rings (SSSR count). The number of thioether (sulfide) groups is 1. The molecule has 2 aromatic carbocycles. The van der Waals surface area contributed by atoms with Crippen molar-refractivity contribution in [3.05, 3.63) is 69.3 Å². The van der Waals surface area contributed by atoms with Crippen LogP contribution in [0.3, 0.4) is 0 Å². The number of allylic oxidation sites excluding steroid dienone is 1. The molecule has 2 N–H and O–H groups in total. The molecule has 0 unspecified atom stereocenters. The zero-order valence-electron chi connectivity index (χ0n) is 17.5. The van der Waals surface area contributed by atoms with Crippen LogP contribution in [0, 0.1) is 0 Å². The molecule has 0 bridgehead atoms. The maximum atomic E-state index is 12.5. The quantitative estimate of drug-likeness (QED) is 0.600. The lowest BCUT2D eigenvalue weighted by molar-refractivity contribution is -0.112. The topological polar surface area (TPSA) is 76.7 Å². The van der Waals surface area contributed by atoms with Crippen molar-refractivity contribution in [2.75, 3.05) is 30.8 Å². The molecule has 2 aromatic rings. The third-order valence-corrected chi connectivity index (χ3v) is 6.02. The number of amides is 2. The Morgan fingerprint density at radius 1 is 1.16 bits per heavy atom. The van der Waals surface area contributed by atoms with Crippen molar-refractivity contribution in [3.63, 3.8) is 0 Å². The van der Waals surface area contributed by atoms with E-state index >= 15 is 0 Å². The van der Waals surface area contributed by atoms with Crippen LogP contribution in [0.4, 0.5) is 5.69 Å². The third kappa shape index (κ3) is 6.42. The van der Waals surface area contributed by atoms with Crippen molar-refractivity contribution in [2.45, 2.75) is 20.3 Å².